The summed E-state index contributed by atoms with van der Waals surface area (Å²) in [5.41, 5.74) is 0. The predicted octanol–water partition coefficient (Wildman–Crippen LogP) is 1.97. The molecule has 4 heteroatoms. The Hall–Kier alpha value is -0.480. The first-order valence-electron chi connectivity index (χ1n) is 5.43. The number of nitrogens with zero attached hydrogens (tertiary/aromatic N) is 2. The normalized spacial score (nSPS) is 20.2. The number of hydrogen-bond donors (Lipinski definition) is 1. The van der Waals surface area contributed by atoms with Gasteiger partial charge in [-0.2, -0.15) is 11.8 Å². The number of aryl methyl sites for hydroxylation is 1. The van der Waals surface area contributed by atoms with Gasteiger partial charge in [0, 0.05) is 30.7 Å². The Bertz CT molecular complexity index is 330. The minimum atomic E-state index is 0.342. The largest absolute Gasteiger partial charge is 0.337 e. The van der Waals surface area contributed by atoms with Gasteiger partial charge in [-0.25, -0.2) is 4.98 Å². The number of rotatable bonds is 5. The zero-order chi connectivity index (χ0) is 10.9. The topological polar surface area (TPSA) is 29.9 Å². The average molecular weight is 225 g/mol. The van der Waals surface area contributed by atoms with E-state index in [1.54, 1.807) is 0 Å². The third kappa shape index (κ3) is 2.37. The third-order valence-corrected chi connectivity index (χ3v) is 4.64. The van der Waals surface area contributed by atoms with Crippen LogP contribution in [0.5, 0.6) is 0 Å². The molecule has 1 unspecified atom stereocenters. The van der Waals surface area contributed by atoms with Crippen molar-refractivity contribution in [2.45, 2.75) is 30.6 Å². The van der Waals surface area contributed by atoms with E-state index in [4.69, 9.17) is 0 Å². The lowest BCUT2D eigenvalue weighted by Crippen LogP contribution is -2.29. The molecular formula is C11H19N3S. The molecule has 0 aliphatic heterocycles. The molecule has 0 radical (unpaired) electrons. The van der Waals surface area contributed by atoms with Crippen LogP contribution in [0.1, 0.15) is 31.6 Å². The van der Waals surface area contributed by atoms with Crippen LogP contribution in [0.2, 0.25) is 0 Å². The Balaban J connectivity index is 1.88. The van der Waals surface area contributed by atoms with Crippen LogP contribution in [0.15, 0.2) is 12.4 Å². The van der Waals surface area contributed by atoms with Gasteiger partial charge >= 0.3 is 0 Å². The molecule has 1 heterocycles. The summed E-state index contributed by atoms with van der Waals surface area (Å²) in [5, 5.41) is 3.58. The molecule has 1 aliphatic carbocycles. The van der Waals surface area contributed by atoms with E-state index in [1.807, 2.05) is 31.2 Å². The molecule has 0 saturated heterocycles. The summed E-state index contributed by atoms with van der Waals surface area (Å²) in [6.45, 7) is 3.28. The molecule has 15 heavy (non-hydrogen) atoms. The number of imidazole rings is 1. The van der Waals surface area contributed by atoms with Crippen LogP contribution >= 0.6 is 11.8 Å². The van der Waals surface area contributed by atoms with E-state index in [9.17, 15) is 0 Å². The molecule has 0 amide bonds. The summed E-state index contributed by atoms with van der Waals surface area (Å²) in [7, 11) is 2.04. The van der Waals surface area contributed by atoms with Crippen molar-refractivity contribution < 1.29 is 0 Å². The summed E-state index contributed by atoms with van der Waals surface area (Å²) in [6, 6.07) is 0.342. The van der Waals surface area contributed by atoms with Gasteiger partial charge < -0.3 is 9.88 Å². The Morgan fingerprint density at radius 1 is 1.67 bits per heavy atom. The van der Waals surface area contributed by atoms with Gasteiger partial charge in [0.05, 0.1) is 6.04 Å². The highest BCUT2D eigenvalue weighted by molar-refractivity contribution is 8.00. The van der Waals surface area contributed by atoms with Crippen LogP contribution < -0.4 is 5.32 Å². The monoisotopic (exact) mass is 225 g/mol. The minimum Gasteiger partial charge on any atom is -0.337 e. The highest BCUT2D eigenvalue weighted by atomic mass is 32.2. The Morgan fingerprint density at radius 3 is 2.87 bits per heavy atom. The highest BCUT2D eigenvalue weighted by Gasteiger charge is 2.41. The second-order valence-corrected chi connectivity index (χ2v) is 5.66. The minimum absolute atomic E-state index is 0.342. The van der Waals surface area contributed by atoms with E-state index in [0.717, 1.165) is 12.4 Å². The fourth-order valence-electron chi connectivity index (χ4n) is 1.82. The van der Waals surface area contributed by atoms with Crippen molar-refractivity contribution >= 4 is 11.8 Å². The van der Waals surface area contributed by atoms with E-state index < -0.39 is 0 Å². The maximum absolute atomic E-state index is 4.36. The summed E-state index contributed by atoms with van der Waals surface area (Å²) in [6.07, 6.45) is 8.77. The fraction of sp³-hybridized carbons (Fsp3) is 0.727. The number of nitrogens with one attached hydrogen (secondary N) is 1. The summed E-state index contributed by atoms with van der Waals surface area (Å²) < 4.78 is 2.61. The quantitative estimate of drug-likeness (QED) is 0.831. The lowest BCUT2D eigenvalue weighted by Gasteiger charge is -2.18. The number of hydrogen-bond acceptors (Lipinski definition) is 3. The second-order valence-electron chi connectivity index (χ2n) is 4.39. The lowest BCUT2D eigenvalue weighted by atomic mass is 10.3. The molecule has 0 spiro atoms. The van der Waals surface area contributed by atoms with Gasteiger partial charge in [-0.1, -0.05) is 0 Å². The van der Waals surface area contributed by atoms with Crippen molar-refractivity contribution in [3.63, 3.8) is 0 Å². The maximum Gasteiger partial charge on any atom is 0.125 e. The van der Waals surface area contributed by atoms with Crippen molar-refractivity contribution in [2.75, 3.05) is 12.8 Å². The molecule has 1 aromatic rings. The maximum atomic E-state index is 4.36. The van der Waals surface area contributed by atoms with Gasteiger partial charge in [0.1, 0.15) is 5.82 Å². The van der Waals surface area contributed by atoms with Crippen LogP contribution in [-0.4, -0.2) is 27.1 Å². The van der Waals surface area contributed by atoms with E-state index >= 15 is 0 Å². The Kier molecular flexibility index (Phi) is 3.07. The second kappa shape index (κ2) is 4.18. The van der Waals surface area contributed by atoms with Gasteiger partial charge in [0.15, 0.2) is 0 Å². The molecule has 1 saturated carbocycles. The van der Waals surface area contributed by atoms with Crippen molar-refractivity contribution in [3.8, 4) is 0 Å². The molecular weight excluding hydrogens is 206 g/mol. The zero-order valence-electron chi connectivity index (χ0n) is 9.66. The van der Waals surface area contributed by atoms with Crippen molar-refractivity contribution in [1.82, 2.24) is 14.9 Å². The summed E-state index contributed by atoms with van der Waals surface area (Å²) in [5.74, 6) is 1.12. The first-order chi connectivity index (χ1) is 7.17. The fourth-order valence-corrected chi connectivity index (χ4v) is 2.56. The molecule has 84 valence electrons. The van der Waals surface area contributed by atoms with Gasteiger partial charge in [0.25, 0.3) is 0 Å². The Labute approximate surface area is 95.7 Å². The van der Waals surface area contributed by atoms with E-state index in [2.05, 4.69) is 28.0 Å². The molecule has 0 aromatic carbocycles. The average Bonchev–Trinajstić information content (AvgIpc) is 2.91. The molecule has 1 aromatic heterocycles. The molecule has 2 rings (SSSR count). The van der Waals surface area contributed by atoms with E-state index in [-0.39, 0.29) is 0 Å². The lowest BCUT2D eigenvalue weighted by molar-refractivity contribution is 0.524. The van der Waals surface area contributed by atoms with Gasteiger partial charge in [-0.15, -0.1) is 0 Å². The van der Waals surface area contributed by atoms with Crippen LogP contribution in [0.4, 0.5) is 0 Å². The molecule has 0 bridgehead atoms. The smallest absolute Gasteiger partial charge is 0.125 e. The van der Waals surface area contributed by atoms with Crippen LogP contribution in [0, 0.1) is 0 Å². The first-order valence-corrected chi connectivity index (χ1v) is 6.65. The molecule has 3 nitrogen and oxygen atoms in total. The van der Waals surface area contributed by atoms with E-state index in [0.29, 0.717) is 10.8 Å². The number of thioether (sulfide) groups is 1. The SMILES string of the molecule is CSC1(CNC(C)c2nccn2C)CC1. The van der Waals surface area contributed by atoms with Crippen LogP contribution in [0.3, 0.4) is 0 Å². The summed E-state index contributed by atoms with van der Waals surface area (Å²) in [4.78, 5) is 4.36. The van der Waals surface area contributed by atoms with Crippen LogP contribution in [0.25, 0.3) is 0 Å². The van der Waals surface area contributed by atoms with Crippen molar-refractivity contribution in [3.05, 3.63) is 18.2 Å². The third-order valence-electron chi connectivity index (χ3n) is 3.22. The standard InChI is InChI=1S/C11H19N3S/c1-9(10-12-6-7-14(10)2)13-8-11(15-3)4-5-11/h6-7,9,13H,4-5,8H2,1-3H3. The van der Waals surface area contributed by atoms with Gasteiger partial charge in [-0.3, -0.25) is 0 Å². The predicted molar refractivity (Wildman–Crippen MR) is 65.1 cm³/mol. The van der Waals surface area contributed by atoms with Crippen LogP contribution in [-0.2, 0) is 7.05 Å². The zero-order valence-corrected chi connectivity index (χ0v) is 10.5. The number of aromatic nitrogens is 2. The molecule has 1 aliphatic rings. The highest BCUT2D eigenvalue weighted by Crippen LogP contribution is 2.46. The Morgan fingerprint density at radius 2 is 2.40 bits per heavy atom. The van der Waals surface area contributed by atoms with Crippen molar-refractivity contribution in [1.29, 1.82) is 0 Å². The summed E-state index contributed by atoms with van der Waals surface area (Å²) >= 11 is 1.99. The van der Waals surface area contributed by atoms with E-state index in [1.165, 1.54) is 12.8 Å². The molecule has 1 atom stereocenters. The van der Waals surface area contributed by atoms with Gasteiger partial charge in [-0.05, 0) is 26.0 Å². The van der Waals surface area contributed by atoms with Gasteiger partial charge in [0.2, 0.25) is 0 Å². The van der Waals surface area contributed by atoms with Crippen molar-refractivity contribution in [2.24, 2.45) is 7.05 Å². The first kappa shape index (κ1) is 11.0. The molecule has 1 N–H and O–H groups in total. The molecule has 1 fully saturated rings.